The number of amides is 2. The van der Waals surface area contributed by atoms with E-state index in [0.29, 0.717) is 79.3 Å². The van der Waals surface area contributed by atoms with Crippen molar-refractivity contribution in [2.75, 3.05) is 33.1 Å². The van der Waals surface area contributed by atoms with Crippen molar-refractivity contribution >= 4 is 50.6 Å². The van der Waals surface area contributed by atoms with Crippen LogP contribution in [0.15, 0.2) is 108 Å². The molecule has 69 heavy (non-hydrogen) atoms. The molecular weight excluding hydrogens is 928 g/mol. The first kappa shape index (κ1) is 48.5. The van der Waals surface area contributed by atoms with Crippen LogP contribution in [0.2, 0.25) is 0 Å². The number of anilines is 6. The summed E-state index contributed by atoms with van der Waals surface area (Å²) in [5, 5.41) is 73.5. The third-order valence-electron chi connectivity index (χ3n) is 11.3. The average molecular weight is 976 g/mol. The minimum Gasteiger partial charge on any atom is -0.405 e. The first-order valence-corrected chi connectivity index (χ1v) is 23.1. The summed E-state index contributed by atoms with van der Waals surface area (Å²) in [6, 6.07) is 21.9. The number of hydrogen-bond donors (Lipinski definition) is 11. The molecule has 0 radical (unpaired) electrons. The van der Waals surface area contributed by atoms with Crippen molar-refractivity contribution in [3.8, 4) is 17.0 Å². The Kier molecular flexibility index (Phi) is 14.6. The summed E-state index contributed by atoms with van der Waals surface area (Å²) < 4.78 is 69.6. The highest BCUT2D eigenvalue weighted by Gasteiger charge is 2.45. The molecule has 0 aliphatic carbocycles. The maximum absolute atomic E-state index is 13.5. The van der Waals surface area contributed by atoms with E-state index < -0.39 is 59.1 Å². The van der Waals surface area contributed by atoms with Gasteiger partial charge in [0, 0.05) is 65.3 Å². The van der Waals surface area contributed by atoms with E-state index in [1.54, 1.807) is 54.6 Å². The van der Waals surface area contributed by atoms with Gasteiger partial charge in [-0.3, -0.25) is 10.00 Å². The SMILES string of the molecule is NS(=O)(=O)c1cccc(Nc2nccc(NCc3ccc(NC(=O)Nc4ccc(OC(F)(F)F)c(-c5cn(CCCCNc6cccc7c6C(O)N(C6CCC(O)NC6O)C7O)nn5)c4)cc3)n2)c1. The number of nitrogens with two attached hydrogens (primary N) is 1. The number of sulfonamides is 1. The molecule has 2 amide bonds. The quantitative estimate of drug-likeness (QED) is 0.0544. The Morgan fingerprint density at radius 3 is 2.42 bits per heavy atom. The van der Waals surface area contributed by atoms with Crippen LogP contribution in [0.4, 0.5) is 52.5 Å². The lowest BCUT2D eigenvalue weighted by molar-refractivity contribution is -0.274. The van der Waals surface area contributed by atoms with Crippen molar-refractivity contribution in [2.24, 2.45) is 5.14 Å². The number of benzene rings is 4. The molecular formula is C44H48F3N13O8S. The van der Waals surface area contributed by atoms with Gasteiger partial charge in [-0.1, -0.05) is 35.5 Å². The highest BCUT2D eigenvalue weighted by atomic mass is 32.2. The van der Waals surface area contributed by atoms with Crippen molar-refractivity contribution < 1.29 is 51.5 Å². The van der Waals surface area contributed by atoms with Crippen molar-refractivity contribution in [3.63, 3.8) is 0 Å². The van der Waals surface area contributed by atoms with Crippen LogP contribution in [-0.4, -0.2) is 96.1 Å². The van der Waals surface area contributed by atoms with Crippen LogP contribution < -0.4 is 41.8 Å². The molecule has 25 heteroatoms. The van der Waals surface area contributed by atoms with Crippen LogP contribution in [-0.2, 0) is 23.1 Å². The van der Waals surface area contributed by atoms with Gasteiger partial charge in [0.25, 0.3) is 0 Å². The fourth-order valence-corrected chi connectivity index (χ4v) is 8.57. The molecule has 4 heterocycles. The largest absolute Gasteiger partial charge is 0.573 e. The van der Waals surface area contributed by atoms with Crippen molar-refractivity contribution in [1.82, 2.24) is 35.2 Å². The number of rotatable bonds is 17. The lowest BCUT2D eigenvalue weighted by atomic mass is 10.0. The summed E-state index contributed by atoms with van der Waals surface area (Å²) in [5.41, 5.74) is 3.39. The summed E-state index contributed by atoms with van der Waals surface area (Å²) in [6.45, 7) is 1.15. The lowest BCUT2D eigenvalue weighted by Gasteiger charge is -2.40. The number of nitrogens with one attached hydrogen (secondary N) is 6. The molecule has 1 fully saturated rings. The smallest absolute Gasteiger partial charge is 0.405 e. The minimum absolute atomic E-state index is 0.0646. The molecule has 5 unspecified atom stereocenters. The molecule has 2 aliphatic heterocycles. The number of alkyl halides is 3. The van der Waals surface area contributed by atoms with Crippen molar-refractivity contribution in [1.29, 1.82) is 0 Å². The Hall–Kier alpha value is -6.97. The normalized spacial score (nSPS) is 19.4. The molecule has 6 aromatic rings. The Labute approximate surface area is 392 Å². The summed E-state index contributed by atoms with van der Waals surface area (Å²) in [5.74, 6) is 0.132. The summed E-state index contributed by atoms with van der Waals surface area (Å²) >= 11 is 0. The minimum atomic E-state index is -5.02. The summed E-state index contributed by atoms with van der Waals surface area (Å²) in [7, 11) is -3.90. The first-order valence-electron chi connectivity index (χ1n) is 21.5. The number of halogens is 3. The van der Waals surface area contributed by atoms with Crippen LogP contribution in [0.1, 0.15) is 54.8 Å². The predicted octanol–water partition coefficient (Wildman–Crippen LogP) is 4.86. The van der Waals surface area contributed by atoms with Gasteiger partial charge in [0.2, 0.25) is 16.0 Å². The molecule has 2 aliphatic rings. The number of urea groups is 1. The van der Waals surface area contributed by atoms with E-state index in [4.69, 9.17) is 5.14 Å². The molecule has 2 aromatic heterocycles. The third-order valence-corrected chi connectivity index (χ3v) is 12.2. The Morgan fingerprint density at radius 2 is 1.65 bits per heavy atom. The number of aliphatic hydroxyl groups excluding tert-OH is 4. The molecule has 0 saturated carbocycles. The van der Waals surface area contributed by atoms with Gasteiger partial charge in [0.05, 0.1) is 17.1 Å². The standard InChI is InChI=1S/C44H48F3N13O8S/c45-44(46,47)68-35-15-13-28(54-43(65)53-26-11-9-25(10-12-26)23-51-36-17-19-50-42(55-36)52-27-5-3-6-29(21-27)69(48,66)67)22-31(35)33-24-59(58-57-33)20-2-1-18-49-32-8-4-7-30-38(32)41(64)60(40(30)63)34-14-16-37(61)56-39(34)62/h3-13,15,17,19,21-22,24,34,37,39-41,49,56,61-64H,1-2,14,16,18,20,23H2,(H2,48,66,67)(H2,53,54,65)(H2,50,51,52,55). The second-order valence-electron chi connectivity index (χ2n) is 16.1. The maximum atomic E-state index is 13.5. The van der Waals surface area contributed by atoms with Crippen LogP contribution in [0, 0.1) is 0 Å². The van der Waals surface area contributed by atoms with Crippen LogP contribution in [0.25, 0.3) is 11.3 Å². The third kappa shape index (κ3) is 12.2. The van der Waals surface area contributed by atoms with Crippen LogP contribution in [0.3, 0.4) is 0 Å². The fourth-order valence-electron chi connectivity index (χ4n) is 8.01. The number of aryl methyl sites for hydroxylation is 1. The molecule has 1 saturated heterocycles. The number of fused-ring (bicyclic) bond motifs is 1. The molecule has 364 valence electrons. The number of primary sulfonamides is 1. The highest BCUT2D eigenvalue weighted by molar-refractivity contribution is 7.89. The molecule has 4 aromatic carbocycles. The number of carbonyl (C=O) groups excluding carboxylic acids is 1. The number of piperidine rings is 1. The number of aromatic nitrogens is 5. The van der Waals surface area contributed by atoms with E-state index in [2.05, 4.69) is 56.9 Å². The average Bonchev–Trinajstić information content (AvgIpc) is 3.87. The number of hydrogen-bond acceptors (Lipinski definition) is 17. The van der Waals surface area contributed by atoms with Gasteiger partial charge in [-0.15, -0.1) is 18.3 Å². The van der Waals surface area contributed by atoms with E-state index in [1.807, 2.05) is 0 Å². The molecule has 12 N–H and O–H groups in total. The number of unbranched alkanes of at least 4 members (excludes halogenated alkanes) is 1. The zero-order valence-corrected chi connectivity index (χ0v) is 37.2. The lowest BCUT2D eigenvalue weighted by Crippen LogP contribution is -2.57. The van der Waals surface area contributed by atoms with Gasteiger partial charge in [0.15, 0.2) is 0 Å². The Morgan fingerprint density at radius 1 is 0.884 bits per heavy atom. The zero-order chi connectivity index (χ0) is 48.9. The van der Waals surface area contributed by atoms with E-state index in [9.17, 15) is 46.8 Å². The van der Waals surface area contributed by atoms with E-state index in [1.165, 1.54) is 52.3 Å². The van der Waals surface area contributed by atoms with E-state index >= 15 is 0 Å². The van der Waals surface area contributed by atoms with Gasteiger partial charge in [-0.2, -0.15) is 4.98 Å². The molecule has 0 spiro atoms. The Balaban J connectivity index is 0.831. The summed E-state index contributed by atoms with van der Waals surface area (Å²) in [4.78, 5) is 23.0. The van der Waals surface area contributed by atoms with E-state index in [-0.39, 0.29) is 27.8 Å². The zero-order valence-electron chi connectivity index (χ0n) is 36.4. The topological polar surface area (TPSA) is 299 Å². The van der Waals surface area contributed by atoms with Gasteiger partial charge >= 0.3 is 12.4 Å². The van der Waals surface area contributed by atoms with Crippen molar-refractivity contribution in [2.45, 2.75) is 81.0 Å². The molecule has 5 atom stereocenters. The molecule has 0 bridgehead atoms. The van der Waals surface area contributed by atoms with Gasteiger partial charge in [-0.05, 0) is 91.9 Å². The van der Waals surface area contributed by atoms with E-state index in [0.717, 1.165) is 11.6 Å². The predicted molar refractivity (Wildman–Crippen MR) is 246 cm³/mol. The Bertz CT molecular complexity index is 2880. The number of carbonyl (C=O) groups is 1. The molecule has 8 rings (SSSR count). The second-order valence-corrected chi connectivity index (χ2v) is 17.7. The van der Waals surface area contributed by atoms with Crippen molar-refractivity contribution in [3.05, 3.63) is 120 Å². The number of ether oxygens (including phenoxy) is 1. The molecule has 21 nitrogen and oxygen atoms in total. The highest BCUT2D eigenvalue weighted by Crippen LogP contribution is 2.46. The monoisotopic (exact) mass is 975 g/mol. The fraction of sp³-hybridized carbons (Fsp3) is 0.295. The maximum Gasteiger partial charge on any atom is 0.573 e. The van der Waals surface area contributed by atoms with Crippen LogP contribution in [0.5, 0.6) is 5.75 Å². The number of nitrogens with zero attached hydrogens (tertiary/aromatic N) is 6. The van der Waals surface area contributed by atoms with Gasteiger partial charge in [-0.25, -0.2) is 28.2 Å². The second kappa shape index (κ2) is 20.7. The first-order chi connectivity index (χ1) is 33.0. The van der Waals surface area contributed by atoms with Gasteiger partial charge < -0.3 is 51.7 Å². The van der Waals surface area contributed by atoms with Gasteiger partial charge in [0.1, 0.15) is 42.2 Å². The summed E-state index contributed by atoms with van der Waals surface area (Å²) in [6.07, 6.45) is -4.61. The number of aliphatic hydroxyl groups is 4. The van der Waals surface area contributed by atoms with Crippen LogP contribution >= 0.6 is 0 Å².